The molecule has 1 aliphatic carbocycles. The van der Waals surface area contributed by atoms with Crippen molar-refractivity contribution >= 4 is 34.2 Å². The molecule has 0 radical (unpaired) electrons. The average molecular weight is 388 g/mol. The molecule has 1 aromatic rings. The van der Waals surface area contributed by atoms with Gasteiger partial charge in [-0.05, 0) is 66.1 Å². The quantitative estimate of drug-likeness (QED) is 0.736. The van der Waals surface area contributed by atoms with Gasteiger partial charge in [-0.2, -0.15) is 0 Å². The molecule has 0 aliphatic heterocycles. The lowest BCUT2D eigenvalue weighted by molar-refractivity contribution is -0.118. The number of nitrogens with one attached hydrogen (secondary N) is 1. The number of hydrogen-bond donors (Lipinski definition) is 2. The molecule has 20 heavy (non-hydrogen) atoms. The van der Waals surface area contributed by atoms with E-state index in [0.717, 1.165) is 27.7 Å². The number of carbonyl (C=O) groups excluding carboxylic acids is 1. The Labute approximate surface area is 133 Å². The van der Waals surface area contributed by atoms with Crippen LogP contribution in [0.5, 0.6) is 0 Å². The van der Waals surface area contributed by atoms with Crippen LogP contribution in [0.4, 0.5) is 5.69 Å². The van der Waals surface area contributed by atoms with Crippen molar-refractivity contribution in [1.82, 2.24) is 4.90 Å². The number of hydrogen-bond acceptors (Lipinski definition) is 3. The predicted octanol–water partition coefficient (Wildman–Crippen LogP) is 2.38. The third-order valence-corrected chi connectivity index (χ3v) is 4.46. The molecular weight excluding hydrogens is 367 g/mol. The Morgan fingerprint density at radius 1 is 1.50 bits per heavy atom. The van der Waals surface area contributed by atoms with Gasteiger partial charge in [0.15, 0.2) is 0 Å². The van der Waals surface area contributed by atoms with Crippen LogP contribution in [0, 0.1) is 10.5 Å². The molecule has 1 fully saturated rings. The van der Waals surface area contributed by atoms with E-state index >= 15 is 0 Å². The van der Waals surface area contributed by atoms with Crippen LogP contribution in [0.25, 0.3) is 0 Å². The summed E-state index contributed by atoms with van der Waals surface area (Å²) in [6, 6.07) is 6.44. The molecule has 0 spiro atoms. The second-order valence-corrected chi connectivity index (χ2v) is 6.53. The highest BCUT2D eigenvalue weighted by Crippen LogP contribution is 2.24. The van der Waals surface area contributed by atoms with Gasteiger partial charge < -0.3 is 10.4 Å². The van der Waals surface area contributed by atoms with Crippen LogP contribution in [0.1, 0.15) is 24.8 Å². The van der Waals surface area contributed by atoms with E-state index in [2.05, 4.69) is 32.8 Å². The summed E-state index contributed by atoms with van der Waals surface area (Å²) in [5, 5.41) is 12.1. The molecule has 4 nitrogen and oxygen atoms in total. The number of benzene rings is 1. The number of aryl methyl sites for hydroxylation is 1. The number of rotatable bonds is 6. The first kappa shape index (κ1) is 15.7. The van der Waals surface area contributed by atoms with E-state index in [9.17, 15) is 4.79 Å². The average Bonchev–Trinajstić information content (AvgIpc) is 2.31. The van der Waals surface area contributed by atoms with E-state index in [1.54, 1.807) is 0 Å². The van der Waals surface area contributed by atoms with Gasteiger partial charge in [0, 0.05) is 21.8 Å². The Morgan fingerprint density at radius 2 is 2.25 bits per heavy atom. The van der Waals surface area contributed by atoms with Crippen LogP contribution < -0.4 is 5.32 Å². The van der Waals surface area contributed by atoms with Gasteiger partial charge >= 0.3 is 0 Å². The molecule has 0 atom stereocenters. The van der Waals surface area contributed by atoms with Crippen molar-refractivity contribution < 1.29 is 9.90 Å². The molecule has 1 aliphatic rings. The topological polar surface area (TPSA) is 52.6 Å². The summed E-state index contributed by atoms with van der Waals surface area (Å²) in [7, 11) is 0. The highest BCUT2D eigenvalue weighted by molar-refractivity contribution is 14.1. The molecule has 1 aromatic carbocycles. The summed E-state index contributed by atoms with van der Waals surface area (Å²) in [4.78, 5) is 14.2. The molecule has 1 saturated carbocycles. The minimum absolute atomic E-state index is 0.00495. The smallest absolute Gasteiger partial charge is 0.238 e. The van der Waals surface area contributed by atoms with Crippen LogP contribution in [-0.4, -0.2) is 41.7 Å². The molecule has 0 aromatic heterocycles. The Kier molecular flexibility index (Phi) is 5.80. The van der Waals surface area contributed by atoms with Crippen molar-refractivity contribution in [1.29, 1.82) is 0 Å². The van der Waals surface area contributed by atoms with Crippen LogP contribution in [-0.2, 0) is 4.79 Å². The molecule has 0 saturated heterocycles. The Morgan fingerprint density at radius 3 is 2.80 bits per heavy atom. The maximum atomic E-state index is 12.1. The van der Waals surface area contributed by atoms with Crippen LogP contribution in [0.2, 0.25) is 0 Å². The first-order valence-corrected chi connectivity index (χ1v) is 8.09. The van der Waals surface area contributed by atoms with Gasteiger partial charge in [-0.15, -0.1) is 0 Å². The maximum absolute atomic E-state index is 12.1. The number of aliphatic hydroxyl groups is 1. The first-order valence-electron chi connectivity index (χ1n) is 7.01. The van der Waals surface area contributed by atoms with Crippen LogP contribution >= 0.6 is 22.6 Å². The lowest BCUT2D eigenvalue weighted by Crippen LogP contribution is -2.45. The van der Waals surface area contributed by atoms with E-state index in [-0.39, 0.29) is 12.5 Å². The third kappa shape index (κ3) is 4.17. The lowest BCUT2D eigenvalue weighted by atomic mass is 9.91. The lowest BCUT2D eigenvalue weighted by Gasteiger charge is -2.36. The Balaban J connectivity index is 1.93. The van der Waals surface area contributed by atoms with Crippen molar-refractivity contribution in [2.45, 2.75) is 32.2 Å². The van der Waals surface area contributed by atoms with Gasteiger partial charge in [0.2, 0.25) is 5.91 Å². The Hall–Kier alpha value is -0.660. The van der Waals surface area contributed by atoms with Gasteiger partial charge in [-0.3, -0.25) is 9.69 Å². The molecule has 110 valence electrons. The predicted molar refractivity (Wildman–Crippen MR) is 88.8 cm³/mol. The normalized spacial score (nSPS) is 15.2. The SMILES string of the molecule is Cc1cc(I)ccc1NC(=O)CN(CCO)C1CCC1. The van der Waals surface area contributed by atoms with Gasteiger partial charge in [-0.25, -0.2) is 0 Å². The maximum Gasteiger partial charge on any atom is 0.238 e. The second kappa shape index (κ2) is 7.38. The van der Waals surface area contributed by atoms with Crippen molar-refractivity contribution in [3.8, 4) is 0 Å². The van der Waals surface area contributed by atoms with Crippen molar-refractivity contribution in [3.63, 3.8) is 0 Å². The molecule has 1 amide bonds. The zero-order chi connectivity index (χ0) is 14.5. The van der Waals surface area contributed by atoms with E-state index in [1.165, 1.54) is 6.42 Å². The fraction of sp³-hybridized carbons (Fsp3) is 0.533. The highest BCUT2D eigenvalue weighted by Gasteiger charge is 2.26. The molecular formula is C15H21IN2O2. The minimum Gasteiger partial charge on any atom is -0.395 e. The molecule has 5 heteroatoms. The molecule has 0 unspecified atom stereocenters. The van der Waals surface area contributed by atoms with E-state index in [0.29, 0.717) is 19.1 Å². The first-order chi connectivity index (χ1) is 9.60. The van der Waals surface area contributed by atoms with Crippen molar-refractivity contribution in [2.24, 2.45) is 0 Å². The fourth-order valence-electron chi connectivity index (χ4n) is 2.41. The zero-order valence-electron chi connectivity index (χ0n) is 11.7. The van der Waals surface area contributed by atoms with Gasteiger partial charge in [0.25, 0.3) is 0 Å². The van der Waals surface area contributed by atoms with Crippen LogP contribution in [0.15, 0.2) is 18.2 Å². The van der Waals surface area contributed by atoms with Gasteiger partial charge in [0.1, 0.15) is 0 Å². The van der Waals surface area contributed by atoms with Crippen LogP contribution in [0.3, 0.4) is 0 Å². The van der Waals surface area contributed by atoms with E-state index < -0.39 is 0 Å². The summed E-state index contributed by atoms with van der Waals surface area (Å²) in [5.74, 6) is -0.00495. The summed E-state index contributed by atoms with van der Waals surface area (Å²) >= 11 is 2.26. The Bertz CT molecular complexity index is 475. The number of carbonyl (C=O) groups is 1. The third-order valence-electron chi connectivity index (χ3n) is 3.79. The van der Waals surface area contributed by atoms with E-state index in [4.69, 9.17) is 5.11 Å². The summed E-state index contributed by atoms with van der Waals surface area (Å²) < 4.78 is 1.16. The second-order valence-electron chi connectivity index (χ2n) is 5.29. The fourth-order valence-corrected chi connectivity index (χ4v) is 3.06. The van der Waals surface area contributed by atoms with Gasteiger partial charge in [0.05, 0.1) is 13.2 Å². The largest absolute Gasteiger partial charge is 0.395 e. The number of nitrogens with zero attached hydrogens (tertiary/aromatic N) is 1. The standard InChI is InChI=1S/C15H21IN2O2/c1-11-9-12(16)5-6-14(11)17-15(20)10-18(7-8-19)13-3-2-4-13/h5-6,9,13,19H,2-4,7-8,10H2,1H3,(H,17,20). The van der Waals surface area contributed by atoms with E-state index in [1.807, 2.05) is 25.1 Å². The zero-order valence-corrected chi connectivity index (χ0v) is 13.9. The molecule has 2 N–H and O–H groups in total. The number of anilines is 1. The minimum atomic E-state index is -0.00495. The summed E-state index contributed by atoms with van der Waals surface area (Å²) in [5.41, 5.74) is 1.94. The monoisotopic (exact) mass is 388 g/mol. The summed E-state index contributed by atoms with van der Waals surface area (Å²) in [6.07, 6.45) is 3.50. The van der Waals surface area contributed by atoms with Crippen molar-refractivity contribution in [2.75, 3.05) is 25.0 Å². The number of aliphatic hydroxyl groups excluding tert-OH is 1. The number of halogens is 1. The van der Waals surface area contributed by atoms with Gasteiger partial charge in [-0.1, -0.05) is 6.42 Å². The van der Waals surface area contributed by atoms with Crippen molar-refractivity contribution in [3.05, 3.63) is 27.3 Å². The molecule has 0 heterocycles. The molecule has 2 rings (SSSR count). The molecule has 0 bridgehead atoms. The number of amides is 1. The summed E-state index contributed by atoms with van der Waals surface area (Å²) in [6.45, 7) is 3.03. The highest BCUT2D eigenvalue weighted by atomic mass is 127.